The average molecular weight is 505 g/mol. The van der Waals surface area contributed by atoms with Gasteiger partial charge in [-0.05, 0) is 64.2 Å². The number of carbonyl (C=O) groups excluding carboxylic acids is 4. The van der Waals surface area contributed by atoms with Crippen molar-refractivity contribution in [3.63, 3.8) is 0 Å². The number of hydrogen-bond acceptors (Lipinski definition) is 5. The number of ether oxygens (including phenoxy) is 1. The highest BCUT2D eigenvalue weighted by atomic mass is 16.6. The van der Waals surface area contributed by atoms with Gasteiger partial charge in [-0.2, -0.15) is 0 Å². The summed E-state index contributed by atoms with van der Waals surface area (Å²) >= 11 is 0. The van der Waals surface area contributed by atoms with Gasteiger partial charge in [0, 0.05) is 13.1 Å². The third-order valence-corrected chi connectivity index (χ3v) is 5.60. The van der Waals surface area contributed by atoms with Gasteiger partial charge >= 0.3 is 6.09 Å². The van der Waals surface area contributed by atoms with Crippen LogP contribution in [0, 0.1) is 13.8 Å². The summed E-state index contributed by atoms with van der Waals surface area (Å²) in [5, 5.41) is 5.47. The molecule has 9 nitrogen and oxygen atoms in total. The van der Waals surface area contributed by atoms with Crippen LogP contribution in [-0.2, 0) is 19.1 Å². The summed E-state index contributed by atoms with van der Waals surface area (Å²) in [6.45, 7) is 13.6. The highest BCUT2D eigenvalue weighted by Crippen LogP contribution is 2.29. The molecule has 0 bridgehead atoms. The largest absolute Gasteiger partial charge is 0.444 e. The summed E-state index contributed by atoms with van der Waals surface area (Å²) in [4.78, 5) is 53.2. The SMILES string of the molecule is CCCCCNC(=O)C(c1c(C)cccc1C)N(CCC)C(=O)C(CC(N)=O)NC(=O)OC(C)(C)C. The van der Waals surface area contributed by atoms with E-state index in [2.05, 4.69) is 17.6 Å². The molecular formula is C27H44N4O5. The second kappa shape index (κ2) is 14.5. The Morgan fingerprint density at radius 1 is 1.03 bits per heavy atom. The van der Waals surface area contributed by atoms with Crippen molar-refractivity contribution in [1.29, 1.82) is 0 Å². The van der Waals surface area contributed by atoms with Gasteiger partial charge in [-0.3, -0.25) is 14.4 Å². The molecule has 0 aromatic heterocycles. The zero-order valence-electron chi connectivity index (χ0n) is 22.9. The third kappa shape index (κ3) is 9.87. The Balaban J connectivity index is 3.46. The number of nitrogens with two attached hydrogens (primary N) is 1. The molecule has 0 heterocycles. The lowest BCUT2D eigenvalue weighted by atomic mass is 9.93. The van der Waals surface area contributed by atoms with E-state index in [1.807, 2.05) is 39.0 Å². The molecule has 0 aliphatic heterocycles. The van der Waals surface area contributed by atoms with Crippen LogP contribution in [0.3, 0.4) is 0 Å². The minimum absolute atomic E-state index is 0.241. The number of rotatable bonds is 13. The number of unbranched alkanes of at least 4 members (excludes halogenated alkanes) is 2. The van der Waals surface area contributed by atoms with E-state index in [0.717, 1.165) is 36.0 Å². The van der Waals surface area contributed by atoms with Crippen LogP contribution in [0.4, 0.5) is 4.79 Å². The van der Waals surface area contributed by atoms with E-state index in [0.29, 0.717) is 13.0 Å². The summed E-state index contributed by atoms with van der Waals surface area (Å²) < 4.78 is 5.29. The van der Waals surface area contributed by atoms with Crippen molar-refractivity contribution in [2.24, 2.45) is 5.73 Å². The number of amides is 4. The van der Waals surface area contributed by atoms with Crippen molar-refractivity contribution in [2.75, 3.05) is 13.1 Å². The van der Waals surface area contributed by atoms with Crippen molar-refractivity contribution in [2.45, 2.75) is 98.3 Å². The second-order valence-electron chi connectivity index (χ2n) is 10.1. The van der Waals surface area contributed by atoms with E-state index in [9.17, 15) is 19.2 Å². The van der Waals surface area contributed by atoms with Crippen LogP contribution in [0.5, 0.6) is 0 Å². The number of primary amides is 1. The topological polar surface area (TPSA) is 131 Å². The van der Waals surface area contributed by atoms with Gasteiger partial charge < -0.3 is 26.0 Å². The molecule has 202 valence electrons. The first-order valence-corrected chi connectivity index (χ1v) is 12.7. The van der Waals surface area contributed by atoms with Gasteiger partial charge in [0.05, 0.1) is 6.42 Å². The van der Waals surface area contributed by atoms with Crippen LogP contribution >= 0.6 is 0 Å². The average Bonchev–Trinajstić information content (AvgIpc) is 2.75. The van der Waals surface area contributed by atoms with Crippen LogP contribution in [0.15, 0.2) is 18.2 Å². The van der Waals surface area contributed by atoms with Crippen LogP contribution in [0.2, 0.25) is 0 Å². The van der Waals surface area contributed by atoms with Crippen LogP contribution < -0.4 is 16.4 Å². The fourth-order valence-electron chi connectivity index (χ4n) is 4.03. The molecule has 2 atom stereocenters. The standard InChI is InChI=1S/C27H44N4O5/c1-8-10-11-15-29-24(33)23(22-18(3)13-12-14-19(22)4)31(16-9-2)25(34)20(17-21(28)32)30-26(35)36-27(5,6)7/h12-14,20,23H,8-11,15-17H2,1-7H3,(H2,28,32)(H,29,33)(H,30,35). The number of carbonyl (C=O) groups is 4. The van der Waals surface area contributed by atoms with E-state index in [-0.39, 0.29) is 12.5 Å². The molecular weight excluding hydrogens is 460 g/mol. The predicted octanol–water partition coefficient (Wildman–Crippen LogP) is 3.66. The minimum Gasteiger partial charge on any atom is -0.444 e. The van der Waals surface area contributed by atoms with Gasteiger partial charge in [0.1, 0.15) is 17.7 Å². The molecule has 0 fully saturated rings. The highest BCUT2D eigenvalue weighted by Gasteiger charge is 2.37. The fraction of sp³-hybridized carbons (Fsp3) is 0.630. The summed E-state index contributed by atoms with van der Waals surface area (Å²) in [5.41, 5.74) is 7.07. The summed E-state index contributed by atoms with van der Waals surface area (Å²) in [7, 11) is 0. The minimum atomic E-state index is -1.27. The summed E-state index contributed by atoms with van der Waals surface area (Å²) in [5.74, 6) is -1.63. The maximum Gasteiger partial charge on any atom is 0.408 e. The van der Waals surface area contributed by atoms with Crippen molar-refractivity contribution < 1.29 is 23.9 Å². The Hall–Kier alpha value is -3.10. The maximum atomic E-state index is 13.9. The van der Waals surface area contributed by atoms with Gasteiger partial charge in [0.25, 0.3) is 0 Å². The molecule has 4 N–H and O–H groups in total. The molecule has 0 spiro atoms. The van der Waals surface area contributed by atoms with E-state index < -0.39 is 42.0 Å². The van der Waals surface area contributed by atoms with Crippen molar-refractivity contribution in [3.8, 4) is 0 Å². The second-order valence-corrected chi connectivity index (χ2v) is 10.1. The molecule has 1 aromatic carbocycles. The lowest BCUT2D eigenvalue weighted by Gasteiger charge is -2.35. The monoisotopic (exact) mass is 504 g/mol. The first-order valence-electron chi connectivity index (χ1n) is 12.7. The van der Waals surface area contributed by atoms with Gasteiger partial charge in [-0.15, -0.1) is 0 Å². The number of aryl methyl sites for hydroxylation is 2. The molecule has 0 saturated carbocycles. The molecule has 0 aliphatic carbocycles. The molecule has 2 unspecified atom stereocenters. The Labute approximate surface area is 215 Å². The van der Waals surface area contributed by atoms with Crippen LogP contribution in [0.1, 0.15) is 89.5 Å². The maximum absolute atomic E-state index is 13.9. The Morgan fingerprint density at radius 3 is 2.14 bits per heavy atom. The molecule has 0 saturated heterocycles. The molecule has 9 heteroatoms. The van der Waals surface area contributed by atoms with E-state index in [1.165, 1.54) is 4.90 Å². The smallest absolute Gasteiger partial charge is 0.408 e. The normalized spacial score (nSPS) is 12.9. The van der Waals surface area contributed by atoms with E-state index in [1.54, 1.807) is 20.8 Å². The fourth-order valence-corrected chi connectivity index (χ4v) is 4.03. The van der Waals surface area contributed by atoms with Gasteiger partial charge in [-0.25, -0.2) is 4.79 Å². The van der Waals surface area contributed by atoms with Gasteiger partial charge in [0.15, 0.2) is 0 Å². The Bertz CT molecular complexity index is 890. The van der Waals surface area contributed by atoms with Gasteiger partial charge in [0.2, 0.25) is 17.7 Å². The first kappa shape index (κ1) is 30.9. The van der Waals surface area contributed by atoms with Crippen molar-refractivity contribution in [1.82, 2.24) is 15.5 Å². The molecule has 36 heavy (non-hydrogen) atoms. The number of nitrogens with one attached hydrogen (secondary N) is 2. The Kier molecular flexibility index (Phi) is 12.4. The van der Waals surface area contributed by atoms with E-state index in [4.69, 9.17) is 10.5 Å². The molecule has 0 radical (unpaired) electrons. The molecule has 4 amide bonds. The summed E-state index contributed by atoms with van der Waals surface area (Å²) in [6.07, 6.45) is 2.12. The zero-order valence-corrected chi connectivity index (χ0v) is 22.9. The molecule has 1 aromatic rings. The molecule has 1 rings (SSSR count). The predicted molar refractivity (Wildman–Crippen MR) is 140 cm³/mol. The van der Waals surface area contributed by atoms with Crippen molar-refractivity contribution in [3.05, 3.63) is 34.9 Å². The lowest BCUT2D eigenvalue weighted by Crippen LogP contribution is -2.54. The van der Waals surface area contributed by atoms with Gasteiger partial charge in [-0.1, -0.05) is 44.9 Å². The third-order valence-electron chi connectivity index (χ3n) is 5.60. The van der Waals surface area contributed by atoms with Crippen LogP contribution in [0.25, 0.3) is 0 Å². The lowest BCUT2D eigenvalue weighted by molar-refractivity contribution is -0.143. The quantitative estimate of drug-likeness (QED) is 0.353. The highest BCUT2D eigenvalue weighted by molar-refractivity contribution is 5.94. The molecule has 0 aliphatic rings. The number of benzene rings is 1. The number of nitrogens with zero attached hydrogens (tertiary/aromatic N) is 1. The van der Waals surface area contributed by atoms with E-state index >= 15 is 0 Å². The summed E-state index contributed by atoms with van der Waals surface area (Å²) in [6, 6.07) is 3.48. The van der Waals surface area contributed by atoms with Crippen LogP contribution in [-0.4, -0.2) is 53.4 Å². The number of alkyl carbamates (subject to hydrolysis) is 1. The zero-order chi connectivity index (χ0) is 27.5. The van der Waals surface area contributed by atoms with Crippen molar-refractivity contribution >= 4 is 23.8 Å². The number of hydrogen-bond donors (Lipinski definition) is 3. The first-order chi connectivity index (χ1) is 16.8. The Morgan fingerprint density at radius 2 is 1.64 bits per heavy atom.